The number of carbonyl (C=O) groups is 1. The fourth-order valence-corrected chi connectivity index (χ4v) is 2.83. The van der Waals surface area contributed by atoms with E-state index in [1.54, 1.807) is 25.5 Å². The molecule has 0 spiro atoms. The van der Waals surface area contributed by atoms with Gasteiger partial charge in [-0.1, -0.05) is 5.16 Å². The third-order valence-corrected chi connectivity index (χ3v) is 4.15. The molecule has 2 aromatic heterocycles. The molecule has 1 saturated carbocycles. The number of nitrogens with zero attached hydrogens (tertiary/aromatic N) is 2. The van der Waals surface area contributed by atoms with E-state index in [-0.39, 0.29) is 11.9 Å². The number of hydrogen-bond donors (Lipinski definition) is 1. The highest BCUT2D eigenvalue weighted by Gasteiger charge is 2.22. The Hall–Kier alpha value is -2.15. The summed E-state index contributed by atoms with van der Waals surface area (Å²) in [5.74, 6) is 1.42. The lowest BCUT2D eigenvalue weighted by Crippen LogP contribution is -2.39. The summed E-state index contributed by atoms with van der Waals surface area (Å²) >= 11 is 0. The zero-order valence-corrected chi connectivity index (χ0v) is 13.2. The van der Waals surface area contributed by atoms with Gasteiger partial charge in [0, 0.05) is 26.0 Å². The second-order valence-corrected chi connectivity index (χ2v) is 5.77. The van der Waals surface area contributed by atoms with Crippen molar-refractivity contribution in [1.29, 1.82) is 0 Å². The molecule has 23 heavy (non-hydrogen) atoms. The molecule has 0 aliphatic heterocycles. The van der Waals surface area contributed by atoms with Crippen LogP contribution in [-0.2, 0) is 16.0 Å². The van der Waals surface area contributed by atoms with Crippen molar-refractivity contribution in [2.75, 3.05) is 7.11 Å². The van der Waals surface area contributed by atoms with Gasteiger partial charge in [-0.15, -0.1) is 0 Å². The van der Waals surface area contributed by atoms with Crippen LogP contribution in [0.4, 0.5) is 0 Å². The van der Waals surface area contributed by atoms with E-state index in [2.05, 4.69) is 15.5 Å². The molecule has 0 aromatic carbocycles. The molecular weight excluding hydrogens is 298 g/mol. The smallest absolute Gasteiger partial charge is 0.238 e. The highest BCUT2D eigenvalue weighted by atomic mass is 16.5. The van der Waals surface area contributed by atoms with E-state index in [9.17, 15) is 4.79 Å². The lowest BCUT2D eigenvalue weighted by atomic mass is 9.93. The SMILES string of the molecule is COC1CCC(NC(=O)CCc2nc(-c3ccco3)no2)CC1. The zero-order valence-electron chi connectivity index (χ0n) is 13.2. The number of furan rings is 1. The molecule has 0 radical (unpaired) electrons. The van der Waals surface area contributed by atoms with Gasteiger partial charge >= 0.3 is 0 Å². The van der Waals surface area contributed by atoms with Crippen molar-refractivity contribution in [3.63, 3.8) is 0 Å². The van der Waals surface area contributed by atoms with Crippen molar-refractivity contribution in [3.05, 3.63) is 24.3 Å². The summed E-state index contributed by atoms with van der Waals surface area (Å²) in [6.45, 7) is 0. The molecule has 1 amide bonds. The van der Waals surface area contributed by atoms with Crippen molar-refractivity contribution in [3.8, 4) is 11.6 Å². The van der Waals surface area contributed by atoms with Crippen LogP contribution in [0.2, 0.25) is 0 Å². The first-order valence-electron chi connectivity index (χ1n) is 7.93. The Morgan fingerprint density at radius 3 is 2.91 bits per heavy atom. The van der Waals surface area contributed by atoms with Gasteiger partial charge in [-0.2, -0.15) is 4.98 Å². The van der Waals surface area contributed by atoms with Crippen LogP contribution in [0.25, 0.3) is 11.6 Å². The molecule has 124 valence electrons. The summed E-state index contributed by atoms with van der Waals surface area (Å²) in [4.78, 5) is 16.2. The third-order valence-electron chi connectivity index (χ3n) is 4.15. The molecule has 0 saturated heterocycles. The maximum atomic E-state index is 12.0. The van der Waals surface area contributed by atoms with Gasteiger partial charge < -0.3 is 19.0 Å². The van der Waals surface area contributed by atoms with Crippen molar-refractivity contribution in [1.82, 2.24) is 15.5 Å². The number of hydrogen-bond acceptors (Lipinski definition) is 6. The minimum absolute atomic E-state index is 0.0172. The number of methoxy groups -OCH3 is 1. The average molecular weight is 319 g/mol. The van der Waals surface area contributed by atoms with Gasteiger partial charge in [-0.3, -0.25) is 4.79 Å². The van der Waals surface area contributed by atoms with Gasteiger partial charge in [0.1, 0.15) is 0 Å². The zero-order chi connectivity index (χ0) is 16.1. The second kappa shape index (κ2) is 7.41. The summed E-state index contributed by atoms with van der Waals surface area (Å²) in [6, 6.07) is 3.77. The maximum Gasteiger partial charge on any atom is 0.238 e. The van der Waals surface area contributed by atoms with Gasteiger partial charge in [-0.05, 0) is 37.8 Å². The van der Waals surface area contributed by atoms with E-state index in [1.807, 2.05) is 0 Å². The molecule has 0 atom stereocenters. The Kier molecular flexibility index (Phi) is 5.07. The maximum absolute atomic E-state index is 12.0. The summed E-state index contributed by atoms with van der Waals surface area (Å²) < 4.78 is 15.7. The Balaban J connectivity index is 1.43. The summed E-state index contributed by atoms with van der Waals surface area (Å²) in [5.41, 5.74) is 0. The van der Waals surface area contributed by atoms with Gasteiger partial charge in [-0.25, -0.2) is 0 Å². The minimum atomic E-state index is 0.0172. The van der Waals surface area contributed by atoms with Crippen LogP contribution in [-0.4, -0.2) is 35.3 Å². The van der Waals surface area contributed by atoms with E-state index in [0.29, 0.717) is 36.4 Å². The number of aromatic nitrogens is 2. The van der Waals surface area contributed by atoms with Crippen LogP contribution in [0, 0.1) is 0 Å². The summed E-state index contributed by atoms with van der Waals surface area (Å²) in [6.07, 6.45) is 6.58. The minimum Gasteiger partial charge on any atom is -0.461 e. The average Bonchev–Trinajstić information content (AvgIpc) is 3.25. The quantitative estimate of drug-likeness (QED) is 0.879. The van der Waals surface area contributed by atoms with Crippen LogP contribution < -0.4 is 5.32 Å². The molecule has 0 bridgehead atoms. The standard InChI is InChI=1S/C16H21N3O4/c1-21-12-6-4-11(5-7-12)17-14(20)8-9-15-18-16(19-23-15)13-3-2-10-22-13/h2-3,10-12H,4-9H2,1H3,(H,17,20). The number of ether oxygens (including phenoxy) is 1. The van der Waals surface area contributed by atoms with E-state index in [4.69, 9.17) is 13.7 Å². The van der Waals surface area contributed by atoms with Crippen molar-refractivity contribution < 1.29 is 18.5 Å². The Bertz CT molecular complexity index is 615. The van der Waals surface area contributed by atoms with E-state index >= 15 is 0 Å². The van der Waals surface area contributed by atoms with Crippen molar-refractivity contribution in [2.24, 2.45) is 0 Å². The topological polar surface area (TPSA) is 90.4 Å². The first-order chi connectivity index (χ1) is 11.2. The van der Waals surface area contributed by atoms with E-state index < -0.39 is 0 Å². The largest absolute Gasteiger partial charge is 0.461 e. The normalized spacial score (nSPS) is 21.3. The molecular formula is C16H21N3O4. The van der Waals surface area contributed by atoms with Crippen molar-refractivity contribution in [2.45, 2.75) is 50.7 Å². The summed E-state index contributed by atoms with van der Waals surface area (Å²) in [7, 11) is 1.74. The van der Waals surface area contributed by atoms with Gasteiger partial charge in [0.25, 0.3) is 0 Å². The molecule has 1 N–H and O–H groups in total. The fourth-order valence-electron chi connectivity index (χ4n) is 2.83. The van der Waals surface area contributed by atoms with Crippen LogP contribution in [0.1, 0.15) is 38.0 Å². The first-order valence-corrected chi connectivity index (χ1v) is 7.93. The van der Waals surface area contributed by atoms with E-state index in [1.165, 1.54) is 0 Å². The predicted molar refractivity (Wildman–Crippen MR) is 81.5 cm³/mol. The molecule has 3 rings (SSSR count). The molecule has 1 fully saturated rings. The monoisotopic (exact) mass is 319 g/mol. The lowest BCUT2D eigenvalue weighted by Gasteiger charge is -2.28. The van der Waals surface area contributed by atoms with Gasteiger partial charge in [0.05, 0.1) is 12.4 Å². The molecule has 2 aromatic rings. The van der Waals surface area contributed by atoms with Gasteiger partial charge in [0.15, 0.2) is 5.76 Å². The Morgan fingerprint density at radius 2 is 2.22 bits per heavy atom. The number of amides is 1. The third kappa shape index (κ3) is 4.19. The highest BCUT2D eigenvalue weighted by Crippen LogP contribution is 2.21. The Labute approximate surface area is 134 Å². The molecule has 2 heterocycles. The molecule has 7 nitrogen and oxygen atoms in total. The van der Waals surface area contributed by atoms with Crippen molar-refractivity contribution >= 4 is 5.91 Å². The van der Waals surface area contributed by atoms with Crippen LogP contribution >= 0.6 is 0 Å². The number of carbonyl (C=O) groups excluding carboxylic acids is 1. The van der Waals surface area contributed by atoms with Crippen LogP contribution in [0.5, 0.6) is 0 Å². The molecule has 7 heteroatoms. The number of rotatable bonds is 6. The second-order valence-electron chi connectivity index (χ2n) is 5.77. The predicted octanol–water partition coefficient (Wildman–Crippen LogP) is 2.34. The van der Waals surface area contributed by atoms with Crippen LogP contribution in [0.3, 0.4) is 0 Å². The highest BCUT2D eigenvalue weighted by molar-refractivity contribution is 5.76. The molecule has 1 aliphatic carbocycles. The lowest BCUT2D eigenvalue weighted by molar-refractivity contribution is -0.122. The molecule has 1 aliphatic rings. The van der Waals surface area contributed by atoms with Gasteiger partial charge in [0.2, 0.25) is 17.6 Å². The first kappa shape index (κ1) is 15.7. The fraction of sp³-hybridized carbons (Fsp3) is 0.562. The number of aryl methyl sites for hydroxylation is 1. The Morgan fingerprint density at radius 1 is 1.39 bits per heavy atom. The van der Waals surface area contributed by atoms with Crippen LogP contribution in [0.15, 0.2) is 27.3 Å². The van der Waals surface area contributed by atoms with E-state index in [0.717, 1.165) is 25.7 Å². The summed E-state index contributed by atoms with van der Waals surface area (Å²) in [5, 5.41) is 6.91. The molecule has 0 unspecified atom stereocenters. The number of nitrogens with one attached hydrogen (secondary N) is 1.